The summed E-state index contributed by atoms with van der Waals surface area (Å²) in [6.07, 6.45) is 0.722. The molecular formula is C17H19N3O5. The summed E-state index contributed by atoms with van der Waals surface area (Å²) in [6.45, 7) is 2.31. The van der Waals surface area contributed by atoms with E-state index in [1.165, 1.54) is 0 Å². The molecule has 2 aromatic rings. The number of nitrogens with zero attached hydrogens (tertiary/aromatic N) is 3. The number of likely N-dealkylation sites (tertiary alicyclic amines) is 1. The molecule has 0 unspecified atom stereocenters. The second kappa shape index (κ2) is 7.43. The number of aliphatic carboxylic acids is 1. The number of carboxylic acids is 1. The predicted molar refractivity (Wildman–Crippen MR) is 86.9 cm³/mol. The molecule has 0 radical (unpaired) electrons. The predicted octanol–water partition coefficient (Wildman–Crippen LogP) is 1.46. The third-order valence-electron chi connectivity index (χ3n) is 4.08. The molecule has 0 saturated carbocycles. The number of amides is 1. The Morgan fingerprint density at radius 2 is 2.04 bits per heavy atom. The number of aryl methyl sites for hydroxylation is 1. The van der Waals surface area contributed by atoms with E-state index in [4.69, 9.17) is 14.3 Å². The number of hydrogen-bond donors (Lipinski definition) is 1. The molecule has 0 bridgehead atoms. The molecule has 8 nitrogen and oxygen atoms in total. The highest BCUT2D eigenvalue weighted by Crippen LogP contribution is 2.28. The van der Waals surface area contributed by atoms with Gasteiger partial charge in [0.25, 0.3) is 0 Å². The Bertz CT molecular complexity index is 756. The van der Waals surface area contributed by atoms with Crippen LogP contribution in [-0.2, 0) is 14.3 Å². The molecule has 25 heavy (non-hydrogen) atoms. The van der Waals surface area contributed by atoms with Gasteiger partial charge in [-0.2, -0.15) is 0 Å². The van der Waals surface area contributed by atoms with Gasteiger partial charge in [-0.1, -0.05) is 17.7 Å². The molecule has 1 saturated heterocycles. The van der Waals surface area contributed by atoms with Crippen molar-refractivity contribution in [1.29, 1.82) is 0 Å². The number of carbonyl (C=O) groups is 2. The van der Waals surface area contributed by atoms with Gasteiger partial charge in [0.2, 0.25) is 17.7 Å². The van der Waals surface area contributed by atoms with Crippen LogP contribution in [0.25, 0.3) is 11.5 Å². The van der Waals surface area contributed by atoms with Crippen LogP contribution in [0.5, 0.6) is 0 Å². The number of carbonyl (C=O) groups excluding carboxylic acids is 1. The molecule has 1 fully saturated rings. The molecule has 1 aliphatic heterocycles. The third kappa shape index (κ3) is 4.21. The molecule has 0 aliphatic carbocycles. The number of ether oxygens (including phenoxy) is 1. The normalized spacial score (nSPS) is 17.0. The van der Waals surface area contributed by atoms with Gasteiger partial charge < -0.3 is 19.2 Å². The minimum Gasteiger partial charge on any atom is -0.480 e. The van der Waals surface area contributed by atoms with Gasteiger partial charge in [0.1, 0.15) is 13.2 Å². The first-order valence-electron chi connectivity index (χ1n) is 8.00. The van der Waals surface area contributed by atoms with Gasteiger partial charge in [-0.3, -0.25) is 4.79 Å². The fourth-order valence-corrected chi connectivity index (χ4v) is 2.72. The van der Waals surface area contributed by atoms with Crippen molar-refractivity contribution in [3.63, 3.8) is 0 Å². The van der Waals surface area contributed by atoms with Crippen molar-refractivity contribution < 1.29 is 23.8 Å². The molecule has 0 spiro atoms. The molecule has 8 heteroatoms. The fourth-order valence-electron chi connectivity index (χ4n) is 2.72. The average Bonchev–Trinajstić information content (AvgIpc) is 3.24. The Morgan fingerprint density at radius 3 is 2.76 bits per heavy atom. The van der Waals surface area contributed by atoms with Crippen molar-refractivity contribution in [1.82, 2.24) is 15.1 Å². The quantitative estimate of drug-likeness (QED) is 0.845. The summed E-state index contributed by atoms with van der Waals surface area (Å²) in [7, 11) is 0. The molecule has 1 N–H and O–H groups in total. The summed E-state index contributed by atoms with van der Waals surface area (Å²) >= 11 is 0. The first-order chi connectivity index (χ1) is 12.0. The minimum absolute atomic E-state index is 0.0184. The maximum Gasteiger partial charge on any atom is 0.329 e. The highest BCUT2D eigenvalue weighted by atomic mass is 16.5. The Morgan fingerprint density at radius 1 is 1.28 bits per heavy atom. The zero-order valence-electron chi connectivity index (χ0n) is 13.8. The maximum absolute atomic E-state index is 12.0. The van der Waals surface area contributed by atoms with Gasteiger partial charge in [0.05, 0.1) is 5.92 Å². The van der Waals surface area contributed by atoms with E-state index in [2.05, 4.69) is 10.2 Å². The van der Waals surface area contributed by atoms with Crippen LogP contribution >= 0.6 is 0 Å². The molecule has 2 heterocycles. The number of carboxylic acid groups (broad SMARTS) is 1. The summed E-state index contributed by atoms with van der Waals surface area (Å²) in [5, 5.41) is 16.7. The molecule has 132 valence electrons. The third-order valence-corrected chi connectivity index (χ3v) is 4.08. The average molecular weight is 345 g/mol. The highest BCUT2D eigenvalue weighted by Gasteiger charge is 2.31. The number of aromatic nitrogens is 2. The summed E-state index contributed by atoms with van der Waals surface area (Å²) in [6, 6.07) is 7.81. The second-order valence-corrected chi connectivity index (χ2v) is 6.02. The standard InChI is InChI=1S/C17H19N3O5/c1-11-2-4-12(5-3-11)16-18-19-17(25-16)13-6-7-20(8-13)14(21)9-24-10-15(22)23/h2-5,13H,6-10H2,1H3,(H,22,23)/t13-/m0/s1. The van der Waals surface area contributed by atoms with Crippen LogP contribution in [0.3, 0.4) is 0 Å². The number of hydrogen-bond acceptors (Lipinski definition) is 6. The van der Waals surface area contributed by atoms with Crippen LogP contribution in [0.4, 0.5) is 0 Å². The van der Waals surface area contributed by atoms with Gasteiger partial charge in [-0.05, 0) is 25.5 Å². The van der Waals surface area contributed by atoms with Crippen LogP contribution in [-0.4, -0.2) is 58.4 Å². The van der Waals surface area contributed by atoms with Gasteiger partial charge in [0, 0.05) is 18.7 Å². The minimum atomic E-state index is -1.10. The lowest BCUT2D eigenvalue weighted by molar-refractivity contribution is -0.145. The first-order valence-corrected chi connectivity index (χ1v) is 8.00. The summed E-state index contributed by atoms with van der Waals surface area (Å²) in [5.74, 6) is -0.374. The highest BCUT2D eigenvalue weighted by molar-refractivity contribution is 5.78. The lowest BCUT2D eigenvalue weighted by Gasteiger charge is -2.15. The SMILES string of the molecule is Cc1ccc(-c2nnc([C@H]3CCN(C(=O)COCC(=O)O)C3)o2)cc1. The van der Waals surface area contributed by atoms with Crippen molar-refractivity contribution >= 4 is 11.9 Å². The smallest absolute Gasteiger partial charge is 0.329 e. The molecule has 1 aromatic carbocycles. The number of rotatable bonds is 6. The van der Waals surface area contributed by atoms with Gasteiger partial charge in [-0.15, -0.1) is 10.2 Å². The lowest BCUT2D eigenvalue weighted by Crippen LogP contribution is -2.32. The monoisotopic (exact) mass is 345 g/mol. The van der Waals surface area contributed by atoms with E-state index in [9.17, 15) is 9.59 Å². The number of benzene rings is 1. The summed E-state index contributed by atoms with van der Waals surface area (Å²) < 4.78 is 10.6. The van der Waals surface area contributed by atoms with E-state index in [0.29, 0.717) is 24.9 Å². The summed E-state index contributed by atoms with van der Waals surface area (Å²) in [4.78, 5) is 24.0. The van der Waals surface area contributed by atoms with Crippen molar-refractivity contribution in [2.75, 3.05) is 26.3 Å². The van der Waals surface area contributed by atoms with Crippen LogP contribution in [0, 0.1) is 6.92 Å². The van der Waals surface area contributed by atoms with E-state index in [-0.39, 0.29) is 18.4 Å². The first kappa shape index (κ1) is 17.1. The lowest BCUT2D eigenvalue weighted by atomic mass is 10.1. The van der Waals surface area contributed by atoms with E-state index in [0.717, 1.165) is 17.5 Å². The molecular weight excluding hydrogens is 326 g/mol. The van der Waals surface area contributed by atoms with Crippen molar-refractivity contribution in [2.45, 2.75) is 19.3 Å². The molecule has 1 aromatic heterocycles. The van der Waals surface area contributed by atoms with E-state index in [1.807, 2.05) is 31.2 Å². The largest absolute Gasteiger partial charge is 0.480 e. The molecule has 3 rings (SSSR count). The van der Waals surface area contributed by atoms with Crippen LogP contribution in [0.1, 0.15) is 23.8 Å². The fraction of sp³-hybridized carbons (Fsp3) is 0.412. The molecule has 1 atom stereocenters. The zero-order valence-corrected chi connectivity index (χ0v) is 13.8. The van der Waals surface area contributed by atoms with Crippen LogP contribution < -0.4 is 0 Å². The van der Waals surface area contributed by atoms with Gasteiger partial charge >= 0.3 is 5.97 Å². The van der Waals surface area contributed by atoms with Crippen molar-refractivity contribution in [2.24, 2.45) is 0 Å². The molecule has 1 amide bonds. The summed E-state index contributed by atoms with van der Waals surface area (Å²) in [5.41, 5.74) is 2.01. The van der Waals surface area contributed by atoms with Crippen molar-refractivity contribution in [3.05, 3.63) is 35.7 Å². The Balaban J connectivity index is 1.58. The van der Waals surface area contributed by atoms with E-state index < -0.39 is 12.6 Å². The van der Waals surface area contributed by atoms with Gasteiger partial charge in [0.15, 0.2) is 0 Å². The Kier molecular flexibility index (Phi) is 5.08. The van der Waals surface area contributed by atoms with Crippen molar-refractivity contribution in [3.8, 4) is 11.5 Å². The zero-order chi connectivity index (χ0) is 17.8. The van der Waals surface area contributed by atoms with E-state index >= 15 is 0 Å². The Hall–Kier alpha value is -2.74. The maximum atomic E-state index is 12.0. The Labute approximate surface area is 144 Å². The van der Waals surface area contributed by atoms with Gasteiger partial charge in [-0.25, -0.2) is 4.79 Å². The van der Waals surface area contributed by atoms with Crippen LogP contribution in [0.2, 0.25) is 0 Å². The molecule has 1 aliphatic rings. The van der Waals surface area contributed by atoms with Crippen LogP contribution in [0.15, 0.2) is 28.7 Å². The second-order valence-electron chi connectivity index (χ2n) is 6.02. The topological polar surface area (TPSA) is 106 Å². The van der Waals surface area contributed by atoms with E-state index in [1.54, 1.807) is 4.90 Å².